The molecule has 0 fully saturated rings. The number of hydrogen-bond donors (Lipinski definition) is 1. The van der Waals surface area contributed by atoms with Crippen molar-refractivity contribution in [3.05, 3.63) is 30.3 Å². The monoisotopic (exact) mass is 460 g/mol. The second-order valence-corrected chi connectivity index (χ2v) is 12.8. The summed E-state index contributed by atoms with van der Waals surface area (Å²) in [5, 5.41) is 2.94. The van der Waals surface area contributed by atoms with Crippen LogP contribution in [0, 0.1) is 0 Å². The molecule has 0 aliphatic heterocycles. The van der Waals surface area contributed by atoms with E-state index < -0.39 is 17.6 Å². The molecule has 172 valence electrons. The molecule has 0 spiro atoms. The predicted molar refractivity (Wildman–Crippen MR) is 119 cm³/mol. The number of nitrogens with one attached hydrogen (secondary N) is 1. The minimum atomic E-state index is -2.68. The van der Waals surface area contributed by atoms with Gasteiger partial charge in [-0.05, 0) is 25.0 Å². The topological polar surface area (TPSA) is 87.7 Å². The fourth-order valence-corrected chi connectivity index (χ4v) is 6.53. The Kier molecular flexibility index (Phi) is 12.4. The molecule has 1 aromatic carbocycles. The average molecular weight is 461 g/mol. The third-order valence-corrected chi connectivity index (χ3v) is 10.7. The summed E-state index contributed by atoms with van der Waals surface area (Å²) in [6, 6.07) is 10.4. The summed E-state index contributed by atoms with van der Waals surface area (Å²) in [7, 11) is 4.15. The van der Waals surface area contributed by atoms with Gasteiger partial charge in [-0.25, -0.2) is 4.79 Å². The summed E-state index contributed by atoms with van der Waals surface area (Å²) < 4.78 is 32.9. The Morgan fingerprint density at radius 3 is 1.53 bits per heavy atom. The van der Waals surface area contributed by atoms with Gasteiger partial charge in [-0.15, -0.1) is 0 Å². The van der Waals surface area contributed by atoms with Crippen molar-refractivity contribution in [2.75, 3.05) is 61.1 Å². The van der Waals surface area contributed by atoms with Crippen LogP contribution in [-0.4, -0.2) is 84.3 Å². The highest BCUT2D eigenvalue weighted by molar-refractivity contribution is 6.60. The normalized spacial score (nSPS) is 12.1. The molecule has 9 nitrogen and oxygen atoms in total. The molecule has 2 amide bonds. The number of amides is 2. The van der Waals surface area contributed by atoms with Crippen molar-refractivity contribution in [1.29, 1.82) is 0 Å². The van der Waals surface area contributed by atoms with Crippen molar-refractivity contribution >= 4 is 29.3 Å². The predicted octanol–water partition coefficient (Wildman–Crippen LogP) is 3.06. The molecule has 0 atom stereocenters. The van der Waals surface area contributed by atoms with Gasteiger partial charge in [0, 0.05) is 73.5 Å². The van der Waals surface area contributed by atoms with Gasteiger partial charge in [-0.2, -0.15) is 0 Å². The van der Waals surface area contributed by atoms with E-state index in [1.54, 1.807) is 47.6 Å². The minimum absolute atomic E-state index is 0.166. The highest BCUT2D eigenvalue weighted by Crippen LogP contribution is 2.18. The Morgan fingerprint density at radius 2 is 1.17 bits per heavy atom. The minimum Gasteiger partial charge on any atom is -0.377 e. The molecule has 11 heteroatoms. The van der Waals surface area contributed by atoms with Crippen molar-refractivity contribution in [1.82, 2.24) is 4.90 Å². The lowest BCUT2D eigenvalue weighted by Gasteiger charge is -2.28. The molecule has 1 aromatic rings. The maximum absolute atomic E-state index is 12.9. The van der Waals surface area contributed by atoms with E-state index in [0.717, 1.165) is 5.69 Å². The van der Waals surface area contributed by atoms with E-state index in [1.165, 1.54) is 0 Å². The van der Waals surface area contributed by atoms with Crippen LogP contribution in [0.25, 0.3) is 0 Å². The maximum atomic E-state index is 12.9. The SMILES string of the molecule is CO[Si](CCCN(CCC[Si](OC)(OC)OC)C(=O)Nc1ccccc1)(OC)OC. The van der Waals surface area contributed by atoms with Crippen molar-refractivity contribution in [2.45, 2.75) is 24.9 Å². The van der Waals surface area contributed by atoms with Crippen molar-refractivity contribution in [2.24, 2.45) is 0 Å². The Hall–Kier alpha value is -1.32. The third kappa shape index (κ3) is 8.08. The second-order valence-electron chi connectivity index (χ2n) is 6.58. The Bertz CT molecular complexity index is 559. The quantitative estimate of drug-likeness (QED) is 0.403. The van der Waals surface area contributed by atoms with Gasteiger partial charge >= 0.3 is 23.6 Å². The number of carbonyl (C=O) groups excluding carboxylic acids is 1. The van der Waals surface area contributed by atoms with E-state index in [0.29, 0.717) is 38.0 Å². The number of hydrogen-bond acceptors (Lipinski definition) is 7. The Morgan fingerprint density at radius 1 is 0.767 bits per heavy atom. The van der Waals surface area contributed by atoms with Crippen molar-refractivity contribution < 1.29 is 31.4 Å². The van der Waals surface area contributed by atoms with Gasteiger partial charge in [0.1, 0.15) is 0 Å². The fraction of sp³-hybridized carbons (Fsp3) is 0.632. The van der Waals surface area contributed by atoms with Crippen molar-refractivity contribution in [3.63, 3.8) is 0 Å². The molecular formula is C19H36N2O7Si2. The first-order valence-corrected chi connectivity index (χ1v) is 13.7. The Labute approximate surface area is 182 Å². The van der Waals surface area contributed by atoms with Crippen LogP contribution in [0.1, 0.15) is 12.8 Å². The first-order chi connectivity index (χ1) is 14.4. The number of benzene rings is 1. The van der Waals surface area contributed by atoms with Gasteiger partial charge < -0.3 is 36.8 Å². The lowest BCUT2D eigenvalue weighted by atomic mass is 10.3. The summed E-state index contributed by atoms with van der Waals surface area (Å²) in [6.45, 7) is 1.07. The molecule has 0 unspecified atom stereocenters. The maximum Gasteiger partial charge on any atom is 0.500 e. The zero-order valence-corrected chi connectivity index (χ0v) is 20.9. The Balaban J connectivity index is 2.76. The molecule has 0 aliphatic rings. The van der Waals surface area contributed by atoms with Crippen molar-refractivity contribution in [3.8, 4) is 0 Å². The van der Waals surface area contributed by atoms with E-state index in [-0.39, 0.29) is 6.03 Å². The summed E-state index contributed by atoms with van der Waals surface area (Å²) in [6.07, 6.45) is 1.37. The van der Waals surface area contributed by atoms with Gasteiger partial charge in [0.2, 0.25) is 0 Å². The summed E-state index contributed by atoms with van der Waals surface area (Å²) in [5.74, 6) is 0. The second kappa shape index (κ2) is 13.9. The first-order valence-electron chi connectivity index (χ1n) is 9.85. The van der Waals surface area contributed by atoms with Gasteiger partial charge in [-0.3, -0.25) is 0 Å². The molecule has 1 rings (SSSR count). The van der Waals surface area contributed by atoms with E-state index in [9.17, 15) is 4.79 Å². The number of urea groups is 1. The van der Waals surface area contributed by atoms with Crippen LogP contribution < -0.4 is 5.32 Å². The van der Waals surface area contributed by atoms with E-state index in [2.05, 4.69) is 5.32 Å². The van der Waals surface area contributed by atoms with E-state index >= 15 is 0 Å². The number of nitrogens with zero attached hydrogens (tertiary/aromatic N) is 1. The molecule has 0 radical (unpaired) electrons. The van der Waals surface area contributed by atoms with Gasteiger partial charge in [0.15, 0.2) is 0 Å². The summed E-state index contributed by atoms with van der Waals surface area (Å²) in [4.78, 5) is 14.7. The highest BCUT2D eigenvalue weighted by Gasteiger charge is 2.38. The highest BCUT2D eigenvalue weighted by atomic mass is 28.4. The molecule has 0 saturated heterocycles. The van der Waals surface area contributed by atoms with Gasteiger partial charge in [-0.1, -0.05) is 18.2 Å². The number of rotatable bonds is 15. The van der Waals surface area contributed by atoms with E-state index in [4.69, 9.17) is 26.6 Å². The van der Waals surface area contributed by atoms with Crippen LogP contribution >= 0.6 is 0 Å². The fourth-order valence-electron chi connectivity index (χ4n) is 3.12. The van der Waals surface area contributed by atoms with Gasteiger partial charge in [0.25, 0.3) is 0 Å². The third-order valence-electron chi connectivity index (χ3n) is 5.00. The van der Waals surface area contributed by atoms with E-state index in [1.807, 2.05) is 30.3 Å². The van der Waals surface area contributed by atoms with Crippen LogP contribution in [0.4, 0.5) is 10.5 Å². The van der Waals surface area contributed by atoms with Crippen LogP contribution in [-0.2, 0) is 26.6 Å². The molecule has 0 heterocycles. The molecule has 0 bridgehead atoms. The average Bonchev–Trinajstić information content (AvgIpc) is 2.79. The molecular weight excluding hydrogens is 424 g/mol. The molecule has 0 aromatic heterocycles. The zero-order chi connectivity index (χ0) is 22.5. The standard InChI is InChI=1S/C19H36N2O7Si2/c1-23-29(24-2,25-3)16-10-14-21(15-11-17-30(26-4,27-5)28-6)19(22)20-18-12-8-7-9-13-18/h7-9,12-13H,10-11,14-17H2,1-6H3,(H,20,22). The zero-order valence-electron chi connectivity index (χ0n) is 18.9. The summed E-state index contributed by atoms with van der Waals surface area (Å²) >= 11 is 0. The molecule has 0 aliphatic carbocycles. The van der Waals surface area contributed by atoms with Crippen LogP contribution in [0.2, 0.25) is 12.1 Å². The lowest BCUT2D eigenvalue weighted by Crippen LogP contribution is -2.45. The van der Waals surface area contributed by atoms with Crippen LogP contribution in [0.5, 0.6) is 0 Å². The van der Waals surface area contributed by atoms with Crippen LogP contribution in [0.3, 0.4) is 0 Å². The number of carbonyl (C=O) groups is 1. The first kappa shape index (κ1) is 26.7. The molecule has 1 N–H and O–H groups in total. The smallest absolute Gasteiger partial charge is 0.377 e. The van der Waals surface area contributed by atoms with Gasteiger partial charge in [0.05, 0.1) is 0 Å². The largest absolute Gasteiger partial charge is 0.500 e. The summed E-state index contributed by atoms with van der Waals surface area (Å²) in [5.41, 5.74) is 0.747. The number of para-hydroxylation sites is 1. The molecule has 30 heavy (non-hydrogen) atoms. The van der Waals surface area contributed by atoms with Crippen LogP contribution in [0.15, 0.2) is 30.3 Å². The lowest BCUT2D eigenvalue weighted by molar-refractivity contribution is 0.120. The number of anilines is 1. The molecule has 0 saturated carbocycles.